The molecule has 3 aliphatic heterocycles. The number of carbonyl (C=O) groups is 1. The molecule has 4 nitrogen and oxygen atoms in total. The van der Waals surface area contributed by atoms with E-state index in [0.29, 0.717) is 5.78 Å². The van der Waals surface area contributed by atoms with Crippen LogP contribution in [-0.4, -0.2) is 37.5 Å². The smallest absolute Gasteiger partial charge is 0.182 e. The van der Waals surface area contributed by atoms with Crippen LogP contribution in [0, 0.1) is 5.92 Å². The van der Waals surface area contributed by atoms with Crippen LogP contribution in [-0.2, 0) is 4.79 Å². The van der Waals surface area contributed by atoms with E-state index in [-0.39, 0.29) is 5.92 Å². The minimum atomic E-state index is 0.225. The Bertz CT molecular complexity index is 674. The van der Waals surface area contributed by atoms with Crippen molar-refractivity contribution in [1.82, 2.24) is 4.90 Å². The van der Waals surface area contributed by atoms with Crippen molar-refractivity contribution < 1.29 is 14.3 Å². The number of allylic oxidation sites excluding steroid dienone is 1. The number of nitrogens with zero attached hydrogens (tertiary/aromatic N) is 1. The number of ether oxygens (including phenoxy) is 2. The highest BCUT2D eigenvalue weighted by molar-refractivity contribution is 6.01. The molecular formula is C24H35NO3. The van der Waals surface area contributed by atoms with E-state index >= 15 is 0 Å². The summed E-state index contributed by atoms with van der Waals surface area (Å²) in [6, 6.07) is 5.96. The van der Waals surface area contributed by atoms with Crippen LogP contribution in [0.2, 0.25) is 0 Å². The van der Waals surface area contributed by atoms with Gasteiger partial charge in [-0.2, -0.15) is 0 Å². The molecule has 28 heavy (non-hydrogen) atoms. The molecule has 0 aromatic heterocycles. The molecule has 0 saturated carbocycles. The number of rotatable bonds is 11. The van der Waals surface area contributed by atoms with Crippen LogP contribution in [0.15, 0.2) is 23.9 Å². The van der Waals surface area contributed by atoms with Crippen molar-refractivity contribution in [3.05, 3.63) is 29.5 Å². The fraction of sp³-hybridized carbons (Fsp3) is 0.625. The molecular weight excluding hydrogens is 350 g/mol. The zero-order valence-corrected chi connectivity index (χ0v) is 17.5. The Morgan fingerprint density at radius 3 is 2.43 bits per heavy atom. The van der Waals surface area contributed by atoms with E-state index in [1.165, 1.54) is 38.5 Å². The van der Waals surface area contributed by atoms with Gasteiger partial charge in [-0.25, -0.2) is 0 Å². The van der Waals surface area contributed by atoms with Crippen LogP contribution in [0.4, 0.5) is 0 Å². The van der Waals surface area contributed by atoms with E-state index < -0.39 is 0 Å². The monoisotopic (exact) mass is 385 g/mol. The van der Waals surface area contributed by atoms with Gasteiger partial charge in [0.05, 0.1) is 19.4 Å². The molecule has 1 aromatic rings. The van der Waals surface area contributed by atoms with Crippen molar-refractivity contribution in [2.45, 2.75) is 64.7 Å². The zero-order valence-electron chi connectivity index (χ0n) is 17.5. The maximum absolute atomic E-state index is 12.5. The summed E-state index contributed by atoms with van der Waals surface area (Å²) >= 11 is 0. The van der Waals surface area contributed by atoms with E-state index in [2.05, 4.69) is 11.8 Å². The van der Waals surface area contributed by atoms with E-state index in [0.717, 1.165) is 61.7 Å². The normalized spacial score (nSPS) is 18.1. The number of fused-ring (bicyclic) bond motifs is 3. The van der Waals surface area contributed by atoms with Gasteiger partial charge in [0, 0.05) is 19.0 Å². The topological polar surface area (TPSA) is 38.8 Å². The molecule has 0 unspecified atom stereocenters. The van der Waals surface area contributed by atoms with E-state index in [1.54, 1.807) is 7.11 Å². The standard InChI is InChI=1S/C24H35NO3/c1-3-4-5-6-7-8-9-16-28-22-11-10-19(18-23(22)27-2)17-21-24(26)20-12-14-25(21)15-13-20/h10-11,17-18,20H,3-9,12-16H2,1-2H3/b21-17-. The Morgan fingerprint density at radius 1 is 1.04 bits per heavy atom. The second-order valence-corrected chi connectivity index (χ2v) is 8.04. The first-order chi connectivity index (χ1) is 13.7. The van der Waals surface area contributed by atoms with Gasteiger partial charge in [-0.3, -0.25) is 4.79 Å². The number of methoxy groups -OCH3 is 1. The highest BCUT2D eigenvalue weighted by Gasteiger charge is 2.36. The summed E-state index contributed by atoms with van der Waals surface area (Å²) in [5.74, 6) is 2.05. The maximum Gasteiger partial charge on any atom is 0.182 e. The van der Waals surface area contributed by atoms with Gasteiger partial charge in [0.25, 0.3) is 0 Å². The molecule has 0 atom stereocenters. The average molecular weight is 386 g/mol. The van der Waals surface area contributed by atoms with Gasteiger partial charge in [0.2, 0.25) is 0 Å². The Hall–Kier alpha value is -1.97. The number of benzene rings is 1. The predicted octanol–water partition coefficient (Wildman–Crippen LogP) is 5.46. The summed E-state index contributed by atoms with van der Waals surface area (Å²) in [5, 5.41) is 0. The Labute approximate surface area is 169 Å². The van der Waals surface area contributed by atoms with Crippen LogP contribution in [0.1, 0.15) is 70.3 Å². The van der Waals surface area contributed by atoms with Gasteiger partial charge in [-0.15, -0.1) is 0 Å². The largest absolute Gasteiger partial charge is 0.493 e. The molecule has 154 valence electrons. The summed E-state index contributed by atoms with van der Waals surface area (Å²) < 4.78 is 11.5. The molecule has 0 aliphatic carbocycles. The molecule has 4 heteroatoms. The van der Waals surface area contributed by atoms with Crippen LogP contribution < -0.4 is 9.47 Å². The third-order valence-corrected chi connectivity index (χ3v) is 5.96. The number of Topliss-reactive ketones (excluding diaryl/α,β-unsaturated/α-hetero) is 1. The Morgan fingerprint density at radius 2 is 1.75 bits per heavy atom. The summed E-state index contributed by atoms with van der Waals surface area (Å²) in [6.45, 7) is 4.97. The van der Waals surface area contributed by atoms with Gasteiger partial charge in [0.15, 0.2) is 17.3 Å². The molecule has 2 bridgehead atoms. The second kappa shape index (κ2) is 10.5. The van der Waals surface area contributed by atoms with Crippen molar-refractivity contribution in [1.29, 1.82) is 0 Å². The van der Waals surface area contributed by atoms with Crippen molar-refractivity contribution >= 4 is 11.9 Å². The first-order valence-corrected chi connectivity index (χ1v) is 11.0. The fourth-order valence-corrected chi connectivity index (χ4v) is 4.20. The molecule has 3 fully saturated rings. The molecule has 3 aliphatic rings. The zero-order chi connectivity index (χ0) is 19.8. The lowest BCUT2D eigenvalue weighted by molar-refractivity contribution is -0.125. The van der Waals surface area contributed by atoms with Gasteiger partial charge in [-0.05, 0) is 43.0 Å². The van der Waals surface area contributed by atoms with Crippen LogP contribution in [0.3, 0.4) is 0 Å². The fourth-order valence-electron chi connectivity index (χ4n) is 4.20. The number of hydrogen-bond donors (Lipinski definition) is 0. The van der Waals surface area contributed by atoms with Crippen LogP contribution >= 0.6 is 0 Å². The lowest BCUT2D eigenvalue weighted by atomic mass is 9.84. The lowest BCUT2D eigenvalue weighted by Crippen LogP contribution is -2.45. The molecule has 4 rings (SSSR count). The number of carbonyl (C=O) groups excluding carboxylic acids is 1. The number of unbranched alkanes of at least 4 members (excludes halogenated alkanes) is 6. The number of piperidine rings is 3. The minimum Gasteiger partial charge on any atom is -0.493 e. The molecule has 3 saturated heterocycles. The van der Waals surface area contributed by atoms with Gasteiger partial charge in [0.1, 0.15) is 0 Å². The highest BCUT2D eigenvalue weighted by Crippen LogP contribution is 2.34. The number of ketones is 1. The Balaban J connectivity index is 1.53. The first kappa shape index (κ1) is 20.8. The van der Waals surface area contributed by atoms with Crippen molar-refractivity contribution in [2.24, 2.45) is 5.92 Å². The number of hydrogen-bond acceptors (Lipinski definition) is 4. The molecule has 0 radical (unpaired) electrons. The lowest BCUT2D eigenvalue weighted by Gasteiger charge is -2.41. The third-order valence-electron chi connectivity index (χ3n) is 5.96. The van der Waals surface area contributed by atoms with Gasteiger partial charge in [-0.1, -0.05) is 51.5 Å². The van der Waals surface area contributed by atoms with Crippen LogP contribution in [0.5, 0.6) is 11.5 Å². The molecule has 3 heterocycles. The van der Waals surface area contributed by atoms with Crippen molar-refractivity contribution in [3.63, 3.8) is 0 Å². The first-order valence-electron chi connectivity index (χ1n) is 11.0. The third kappa shape index (κ3) is 5.30. The second-order valence-electron chi connectivity index (χ2n) is 8.04. The maximum atomic E-state index is 12.5. The van der Waals surface area contributed by atoms with E-state index in [9.17, 15) is 4.79 Å². The summed E-state index contributed by atoms with van der Waals surface area (Å²) in [4.78, 5) is 14.8. The molecule has 1 aromatic carbocycles. The summed E-state index contributed by atoms with van der Waals surface area (Å²) in [5.41, 5.74) is 1.86. The average Bonchev–Trinajstić information content (AvgIpc) is 2.73. The molecule has 0 amide bonds. The quantitative estimate of drug-likeness (QED) is 0.374. The highest BCUT2D eigenvalue weighted by atomic mass is 16.5. The van der Waals surface area contributed by atoms with Crippen LogP contribution in [0.25, 0.3) is 6.08 Å². The molecule has 0 spiro atoms. The molecule has 0 N–H and O–H groups in total. The summed E-state index contributed by atoms with van der Waals surface area (Å²) in [6.07, 6.45) is 12.9. The SMILES string of the molecule is CCCCCCCCCOc1ccc(/C=C2/C(=O)C3CCN2CC3)cc1OC. The van der Waals surface area contributed by atoms with Gasteiger partial charge < -0.3 is 14.4 Å². The summed E-state index contributed by atoms with van der Waals surface area (Å²) in [7, 11) is 1.67. The predicted molar refractivity (Wildman–Crippen MR) is 114 cm³/mol. The van der Waals surface area contributed by atoms with Crippen molar-refractivity contribution in [2.75, 3.05) is 26.8 Å². The Kier molecular flexibility index (Phi) is 7.81. The minimum absolute atomic E-state index is 0.225. The van der Waals surface area contributed by atoms with Gasteiger partial charge >= 0.3 is 0 Å². The van der Waals surface area contributed by atoms with E-state index in [1.807, 2.05) is 24.3 Å². The van der Waals surface area contributed by atoms with Crippen molar-refractivity contribution in [3.8, 4) is 11.5 Å². The van der Waals surface area contributed by atoms with E-state index in [4.69, 9.17) is 9.47 Å².